The Morgan fingerprint density at radius 3 is 2.39 bits per heavy atom. The molecule has 36 heavy (non-hydrogen) atoms. The fourth-order valence-electron chi connectivity index (χ4n) is 2.93. The van der Waals surface area contributed by atoms with Crippen LogP contribution in [0.3, 0.4) is 0 Å². The second-order valence-electron chi connectivity index (χ2n) is 8.41. The highest BCUT2D eigenvalue weighted by atomic mass is 35.5. The summed E-state index contributed by atoms with van der Waals surface area (Å²) in [5, 5.41) is 13.4. The SMILES string of the molecule is BC(B)(B)Oc1cc(F)ccc1Oc1cc(C(F)(F)F)c(Cl)cc1C(=O)Nc1cnn(CO)c(=O)c1. The van der Waals surface area contributed by atoms with Gasteiger partial charge >= 0.3 is 6.18 Å². The predicted molar refractivity (Wildman–Crippen MR) is 131 cm³/mol. The minimum absolute atomic E-state index is 0.102. The van der Waals surface area contributed by atoms with Crippen molar-refractivity contribution >= 4 is 46.7 Å². The van der Waals surface area contributed by atoms with Crippen LogP contribution < -0.4 is 20.3 Å². The topological polar surface area (TPSA) is 103 Å². The van der Waals surface area contributed by atoms with Crippen molar-refractivity contribution in [3.63, 3.8) is 0 Å². The Hall–Kier alpha value is -3.45. The van der Waals surface area contributed by atoms with Crippen molar-refractivity contribution in [1.29, 1.82) is 0 Å². The molecule has 16 heteroatoms. The highest BCUT2D eigenvalue weighted by Gasteiger charge is 2.35. The number of aliphatic hydroxyl groups is 1. The second-order valence-corrected chi connectivity index (χ2v) is 8.82. The van der Waals surface area contributed by atoms with Gasteiger partial charge in [0.25, 0.3) is 11.5 Å². The van der Waals surface area contributed by atoms with Gasteiger partial charge < -0.3 is 19.9 Å². The van der Waals surface area contributed by atoms with Gasteiger partial charge in [-0.2, -0.15) is 18.3 Å². The van der Waals surface area contributed by atoms with Gasteiger partial charge in [0.15, 0.2) is 11.5 Å². The molecule has 1 aromatic heterocycles. The number of carbonyl (C=O) groups excluding carboxylic acids is 1. The van der Waals surface area contributed by atoms with Crippen LogP contribution in [0.25, 0.3) is 0 Å². The second kappa shape index (κ2) is 10.3. The quantitative estimate of drug-likeness (QED) is 0.353. The number of hydrogen-bond acceptors (Lipinski definition) is 6. The molecule has 0 saturated carbocycles. The van der Waals surface area contributed by atoms with E-state index in [2.05, 4.69) is 10.4 Å². The Kier molecular flexibility index (Phi) is 7.75. The van der Waals surface area contributed by atoms with Crippen LogP contribution in [-0.2, 0) is 12.9 Å². The molecule has 2 aromatic carbocycles. The summed E-state index contributed by atoms with van der Waals surface area (Å²) in [4.78, 5) is 24.8. The van der Waals surface area contributed by atoms with Crippen LogP contribution in [0.5, 0.6) is 17.2 Å². The fourth-order valence-corrected chi connectivity index (χ4v) is 3.20. The van der Waals surface area contributed by atoms with Crippen LogP contribution in [0, 0.1) is 5.82 Å². The van der Waals surface area contributed by atoms with Gasteiger partial charge in [-0.15, -0.1) is 0 Å². The Morgan fingerprint density at radius 1 is 1.11 bits per heavy atom. The highest BCUT2D eigenvalue weighted by Crippen LogP contribution is 2.41. The number of halogens is 5. The molecule has 0 fully saturated rings. The van der Waals surface area contributed by atoms with Crippen molar-refractivity contribution in [1.82, 2.24) is 9.78 Å². The van der Waals surface area contributed by atoms with E-state index < -0.39 is 57.4 Å². The lowest BCUT2D eigenvalue weighted by atomic mass is 9.52. The van der Waals surface area contributed by atoms with E-state index in [4.69, 9.17) is 26.2 Å². The average molecular weight is 523 g/mol. The van der Waals surface area contributed by atoms with Crippen molar-refractivity contribution in [2.45, 2.75) is 18.2 Å². The molecule has 0 aliphatic heterocycles. The largest absolute Gasteiger partial charge is 0.510 e. The van der Waals surface area contributed by atoms with Crippen LogP contribution in [0.2, 0.25) is 5.02 Å². The monoisotopic (exact) mass is 523 g/mol. The number of benzene rings is 2. The van der Waals surface area contributed by atoms with Crippen molar-refractivity contribution in [2.75, 3.05) is 5.32 Å². The summed E-state index contributed by atoms with van der Waals surface area (Å²) in [6.45, 7) is -0.698. The number of nitrogens with zero attached hydrogens (tertiary/aromatic N) is 2. The first kappa shape index (κ1) is 27.1. The molecular weight excluding hydrogens is 506 g/mol. The first-order valence-electron chi connectivity index (χ1n) is 10.2. The molecule has 0 bridgehead atoms. The minimum Gasteiger partial charge on any atom is -0.510 e. The summed E-state index contributed by atoms with van der Waals surface area (Å²) in [5.41, 5.74) is -2.54. The molecule has 1 heterocycles. The number of amides is 1. The molecule has 0 aliphatic rings. The lowest BCUT2D eigenvalue weighted by Gasteiger charge is -2.24. The van der Waals surface area contributed by atoms with Crippen LogP contribution in [-0.4, -0.2) is 49.6 Å². The zero-order valence-electron chi connectivity index (χ0n) is 19.1. The lowest BCUT2D eigenvalue weighted by Crippen LogP contribution is -2.37. The van der Waals surface area contributed by atoms with Gasteiger partial charge in [-0.1, -0.05) is 11.6 Å². The van der Waals surface area contributed by atoms with Crippen molar-refractivity contribution in [2.24, 2.45) is 0 Å². The number of ether oxygens (including phenoxy) is 2. The first-order valence-corrected chi connectivity index (χ1v) is 10.6. The van der Waals surface area contributed by atoms with Gasteiger partial charge in [-0.25, -0.2) is 9.07 Å². The van der Waals surface area contributed by atoms with E-state index in [1.165, 1.54) is 0 Å². The number of aliphatic hydroxyl groups excluding tert-OH is 1. The molecule has 0 spiro atoms. The van der Waals surface area contributed by atoms with Gasteiger partial charge in [0.2, 0.25) is 0 Å². The summed E-state index contributed by atoms with van der Waals surface area (Å²) >= 11 is 5.82. The maximum atomic E-state index is 13.9. The molecule has 0 atom stereocenters. The number of aromatic nitrogens is 2. The van der Waals surface area contributed by atoms with Crippen LogP contribution >= 0.6 is 11.6 Å². The van der Waals surface area contributed by atoms with E-state index in [-0.39, 0.29) is 17.2 Å². The molecule has 8 nitrogen and oxygen atoms in total. The van der Waals surface area contributed by atoms with Gasteiger partial charge in [0, 0.05) is 17.4 Å². The zero-order valence-corrected chi connectivity index (χ0v) is 19.9. The molecular formula is C20H17B3ClF4N3O5. The number of carbonyl (C=O) groups is 1. The Bertz CT molecular complexity index is 1370. The summed E-state index contributed by atoms with van der Waals surface area (Å²) in [7, 11) is 5.01. The zero-order chi connectivity index (χ0) is 26.8. The molecule has 0 aliphatic carbocycles. The van der Waals surface area contributed by atoms with E-state index in [9.17, 15) is 27.2 Å². The third-order valence-electron chi connectivity index (χ3n) is 4.42. The van der Waals surface area contributed by atoms with Crippen LogP contribution in [0.1, 0.15) is 15.9 Å². The van der Waals surface area contributed by atoms with Gasteiger partial charge in [-0.05, 0) is 24.3 Å². The summed E-state index contributed by atoms with van der Waals surface area (Å²) in [5.74, 6) is -2.51. The van der Waals surface area contributed by atoms with E-state index in [0.717, 1.165) is 36.5 Å². The normalized spacial score (nSPS) is 11.7. The van der Waals surface area contributed by atoms with Gasteiger partial charge in [-0.3, -0.25) is 9.59 Å². The standard InChI is InChI=1S/C20H17B3ClF4N3O5/c21-20(22,23)36-16-3-9(25)1-2-14(16)35-15-6-12(19(26,27)28)13(24)5-11(15)18(34)30-10-4-17(33)31(8-32)29-7-10/h1-7,32H,8,21-23H2,(H,30,34). The minimum atomic E-state index is -4.88. The molecule has 0 saturated heterocycles. The Balaban J connectivity index is 2.08. The molecule has 3 rings (SSSR count). The third-order valence-corrected chi connectivity index (χ3v) is 4.74. The molecule has 186 valence electrons. The smallest absolute Gasteiger partial charge is 0.417 e. The maximum absolute atomic E-state index is 13.9. The summed E-state index contributed by atoms with van der Waals surface area (Å²) < 4.78 is 66.5. The molecule has 0 radical (unpaired) electrons. The highest BCUT2D eigenvalue weighted by molar-refractivity contribution is 6.58. The number of rotatable bonds is 7. The predicted octanol–water partition coefficient (Wildman–Crippen LogP) is 0.938. The summed E-state index contributed by atoms with van der Waals surface area (Å²) in [6, 6.07) is 5.37. The average Bonchev–Trinajstić information content (AvgIpc) is 2.74. The van der Waals surface area contributed by atoms with E-state index in [1.807, 2.05) is 0 Å². The Labute approximate surface area is 209 Å². The molecule has 0 unspecified atom stereocenters. The van der Waals surface area contributed by atoms with E-state index in [0.29, 0.717) is 10.7 Å². The molecule has 2 N–H and O–H groups in total. The number of anilines is 1. The van der Waals surface area contributed by atoms with Crippen molar-refractivity contribution in [3.8, 4) is 17.2 Å². The van der Waals surface area contributed by atoms with Crippen molar-refractivity contribution in [3.05, 3.63) is 74.9 Å². The van der Waals surface area contributed by atoms with Gasteiger partial charge in [0.05, 0.1) is 28.0 Å². The van der Waals surface area contributed by atoms with Gasteiger partial charge in [0.1, 0.15) is 41.8 Å². The number of nitrogens with one attached hydrogen (secondary N) is 1. The van der Waals surface area contributed by atoms with Crippen LogP contribution in [0.15, 0.2) is 47.4 Å². The third kappa shape index (κ3) is 6.61. The van der Waals surface area contributed by atoms with E-state index >= 15 is 0 Å². The van der Waals surface area contributed by atoms with Crippen molar-refractivity contribution < 1.29 is 36.9 Å². The lowest BCUT2D eigenvalue weighted by molar-refractivity contribution is -0.137. The number of alkyl halides is 3. The van der Waals surface area contributed by atoms with Crippen LogP contribution in [0.4, 0.5) is 23.2 Å². The first-order chi connectivity index (χ1) is 16.7. The maximum Gasteiger partial charge on any atom is 0.417 e. The fraction of sp³-hybridized carbons (Fsp3) is 0.150. The molecule has 3 aromatic rings. The van der Waals surface area contributed by atoms with E-state index in [1.54, 1.807) is 23.5 Å². The Morgan fingerprint density at radius 2 is 1.81 bits per heavy atom. The molecule has 1 amide bonds. The summed E-state index contributed by atoms with van der Waals surface area (Å²) in [6.07, 6.45) is -3.83. The number of hydrogen-bond donors (Lipinski definition) is 2.